The van der Waals surface area contributed by atoms with Gasteiger partial charge in [-0.2, -0.15) is 0 Å². The Hall–Kier alpha value is -0.630. The molecule has 0 spiro atoms. The largest absolute Gasteiger partial charge is 0.358 e. The summed E-state index contributed by atoms with van der Waals surface area (Å²) in [6.07, 6.45) is 20.3. The molecule has 0 aromatic carbocycles. The van der Waals surface area contributed by atoms with Gasteiger partial charge in [-0.05, 0) is 12.6 Å². The van der Waals surface area contributed by atoms with Gasteiger partial charge in [0.25, 0.3) is 0 Å². The van der Waals surface area contributed by atoms with Crippen molar-refractivity contribution in [3.05, 3.63) is 25.2 Å². The molecule has 1 aliphatic rings. The van der Waals surface area contributed by atoms with Crippen LogP contribution in [0, 0.1) is 0 Å². The van der Waals surface area contributed by atoms with Crippen molar-refractivity contribution in [3.63, 3.8) is 0 Å². The minimum Gasteiger partial charge on any atom is -0.358 e. The molecule has 118 valence electrons. The van der Waals surface area contributed by atoms with Crippen LogP contribution in [0.1, 0.15) is 71.1 Å². The molecule has 1 rings (SSSR count). The third-order valence-electron chi connectivity index (χ3n) is 3.85. The zero-order valence-electron chi connectivity index (χ0n) is 13.2. The zero-order valence-corrected chi connectivity index (χ0v) is 14.0. The van der Waals surface area contributed by atoms with Crippen LogP contribution in [-0.2, 0) is 0 Å². The molecule has 0 saturated carbocycles. The van der Waals surface area contributed by atoms with E-state index >= 15 is 0 Å². The Morgan fingerprint density at radius 1 is 0.900 bits per heavy atom. The van der Waals surface area contributed by atoms with Crippen LogP contribution in [0.4, 0.5) is 0 Å². The predicted octanol–water partition coefficient (Wildman–Crippen LogP) is 5.52. The Kier molecular flexibility index (Phi) is 12.9. The van der Waals surface area contributed by atoms with Gasteiger partial charge in [0.1, 0.15) is 0 Å². The van der Waals surface area contributed by atoms with Gasteiger partial charge in [-0.1, -0.05) is 71.3 Å². The van der Waals surface area contributed by atoms with Crippen molar-refractivity contribution < 1.29 is 0 Å². The second kappa shape index (κ2) is 13.4. The number of halogens is 1. The summed E-state index contributed by atoms with van der Waals surface area (Å²) in [5, 5.41) is 0. The molecular weight excluding hydrogens is 268 g/mol. The fourth-order valence-electron chi connectivity index (χ4n) is 2.55. The molecule has 0 amide bonds. The average molecular weight is 301 g/mol. The Balaban J connectivity index is 0.00000361. The molecule has 0 fully saturated rings. The van der Waals surface area contributed by atoms with Crippen molar-refractivity contribution in [1.29, 1.82) is 0 Å². The van der Waals surface area contributed by atoms with Crippen LogP contribution in [-0.4, -0.2) is 23.0 Å². The molecule has 20 heavy (non-hydrogen) atoms. The SMILES string of the molecule is C=CN1C=CN(CCCCCCCCCCCC)C1.Cl. The molecule has 0 aliphatic carbocycles. The summed E-state index contributed by atoms with van der Waals surface area (Å²) in [6.45, 7) is 8.24. The third-order valence-corrected chi connectivity index (χ3v) is 3.85. The minimum atomic E-state index is 0. The smallest absolute Gasteiger partial charge is 0.0935 e. The summed E-state index contributed by atoms with van der Waals surface area (Å²) in [5.41, 5.74) is 0. The highest BCUT2D eigenvalue weighted by molar-refractivity contribution is 5.85. The fraction of sp³-hybridized carbons (Fsp3) is 0.765. The lowest BCUT2D eigenvalue weighted by molar-refractivity contribution is 0.307. The van der Waals surface area contributed by atoms with E-state index in [4.69, 9.17) is 0 Å². The standard InChI is InChI=1S/C17H32N2.ClH/c1-3-5-6-7-8-9-10-11-12-13-14-19-16-15-18(4-2)17-19;/h4,15-16H,2-3,5-14,17H2,1H3;1H. The number of hydrogen-bond donors (Lipinski definition) is 0. The molecular formula is C17H33ClN2. The molecule has 2 nitrogen and oxygen atoms in total. The maximum absolute atomic E-state index is 3.78. The highest BCUT2D eigenvalue weighted by atomic mass is 35.5. The van der Waals surface area contributed by atoms with Crippen molar-refractivity contribution in [2.75, 3.05) is 13.2 Å². The predicted molar refractivity (Wildman–Crippen MR) is 91.8 cm³/mol. The van der Waals surface area contributed by atoms with Gasteiger partial charge in [-0.25, -0.2) is 0 Å². The van der Waals surface area contributed by atoms with Gasteiger partial charge < -0.3 is 9.80 Å². The summed E-state index contributed by atoms with van der Waals surface area (Å²) in [5.74, 6) is 0. The van der Waals surface area contributed by atoms with Gasteiger partial charge in [-0.3, -0.25) is 0 Å². The lowest BCUT2D eigenvalue weighted by Gasteiger charge is -2.18. The lowest BCUT2D eigenvalue weighted by Crippen LogP contribution is -2.22. The Morgan fingerprint density at radius 2 is 1.45 bits per heavy atom. The van der Waals surface area contributed by atoms with Gasteiger partial charge in [0.15, 0.2) is 0 Å². The first kappa shape index (κ1) is 19.4. The molecule has 0 unspecified atom stereocenters. The van der Waals surface area contributed by atoms with Crippen LogP contribution in [0.25, 0.3) is 0 Å². The molecule has 0 aromatic heterocycles. The Bertz CT molecular complexity index is 253. The molecule has 0 N–H and O–H groups in total. The molecule has 1 aliphatic heterocycles. The Labute approximate surface area is 132 Å². The van der Waals surface area contributed by atoms with E-state index in [-0.39, 0.29) is 12.4 Å². The van der Waals surface area contributed by atoms with E-state index in [0.29, 0.717) is 0 Å². The van der Waals surface area contributed by atoms with Crippen LogP contribution in [0.15, 0.2) is 25.2 Å². The molecule has 3 heteroatoms. The first-order valence-electron chi connectivity index (χ1n) is 8.17. The van der Waals surface area contributed by atoms with E-state index in [1.54, 1.807) is 0 Å². The van der Waals surface area contributed by atoms with Gasteiger partial charge >= 0.3 is 0 Å². The number of rotatable bonds is 12. The number of hydrogen-bond acceptors (Lipinski definition) is 2. The van der Waals surface area contributed by atoms with Gasteiger partial charge in [-0.15, -0.1) is 12.4 Å². The number of nitrogens with zero attached hydrogens (tertiary/aromatic N) is 2. The van der Waals surface area contributed by atoms with Crippen LogP contribution < -0.4 is 0 Å². The van der Waals surface area contributed by atoms with Gasteiger partial charge in [0, 0.05) is 18.9 Å². The highest BCUT2D eigenvalue weighted by Crippen LogP contribution is 2.12. The normalized spacial score (nSPS) is 13.7. The zero-order chi connectivity index (χ0) is 13.8. The fourth-order valence-corrected chi connectivity index (χ4v) is 2.55. The molecule has 0 radical (unpaired) electrons. The van der Waals surface area contributed by atoms with E-state index < -0.39 is 0 Å². The average Bonchev–Trinajstić information content (AvgIpc) is 2.89. The summed E-state index contributed by atoms with van der Waals surface area (Å²) >= 11 is 0. The second-order valence-electron chi connectivity index (χ2n) is 5.63. The van der Waals surface area contributed by atoms with Crippen LogP contribution in [0.5, 0.6) is 0 Å². The molecule has 0 bridgehead atoms. The van der Waals surface area contributed by atoms with Crippen LogP contribution in [0.2, 0.25) is 0 Å². The van der Waals surface area contributed by atoms with E-state index in [1.807, 2.05) is 6.20 Å². The molecule has 0 atom stereocenters. The van der Waals surface area contributed by atoms with Crippen molar-refractivity contribution in [2.45, 2.75) is 71.1 Å². The summed E-state index contributed by atoms with van der Waals surface area (Å²) in [6, 6.07) is 0. The lowest BCUT2D eigenvalue weighted by atomic mass is 10.1. The highest BCUT2D eigenvalue weighted by Gasteiger charge is 2.07. The van der Waals surface area contributed by atoms with Crippen molar-refractivity contribution in [2.24, 2.45) is 0 Å². The second-order valence-corrected chi connectivity index (χ2v) is 5.63. The third kappa shape index (κ3) is 9.30. The quantitative estimate of drug-likeness (QED) is 0.438. The summed E-state index contributed by atoms with van der Waals surface area (Å²) in [4.78, 5) is 4.49. The number of unbranched alkanes of at least 4 members (excludes halogenated alkanes) is 9. The molecule has 0 aromatic rings. The van der Waals surface area contributed by atoms with E-state index in [1.165, 1.54) is 70.8 Å². The molecule has 1 heterocycles. The summed E-state index contributed by atoms with van der Waals surface area (Å²) in [7, 11) is 0. The van der Waals surface area contributed by atoms with E-state index in [0.717, 1.165) is 6.67 Å². The first-order chi connectivity index (χ1) is 9.36. The maximum Gasteiger partial charge on any atom is 0.0935 e. The topological polar surface area (TPSA) is 6.48 Å². The maximum atomic E-state index is 3.78. The van der Waals surface area contributed by atoms with Gasteiger partial charge in [0.05, 0.1) is 6.67 Å². The summed E-state index contributed by atoms with van der Waals surface area (Å²) < 4.78 is 0. The van der Waals surface area contributed by atoms with Crippen molar-refractivity contribution >= 4 is 12.4 Å². The van der Waals surface area contributed by atoms with Crippen molar-refractivity contribution in [1.82, 2.24) is 9.80 Å². The van der Waals surface area contributed by atoms with Gasteiger partial charge in [0.2, 0.25) is 0 Å². The minimum absolute atomic E-state index is 0. The monoisotopic (exact) mass is 300 g/mol. The van der Waals surface area contributed by atoms with Crippen molar-refractivity contribution in [3.8, 4) is 0 Å². The van der Waals surface area contributed by atoms with Crippen LogP contribution in [0.3, 0.4) is 0 Å². The Morgan fingerprint density at radius 3 is 1.95 bits per heavy atom. The first-order valence-corrected chi connectivity index (χ1v) is 8.17. The van der Waals surface area contributed by atoms with Crippen LogP contribution >= 0.6 is 12.4 Å². The van der Waals surface area contributed by atoms with E-state index in [9.17, 15) is 0 Å². The van der Waals surface area contributed by atoms with E-state index in [2.05, 4.69) is 35.7 Å². The molecule has 0 saturated heterocycles.